The maximum atomic E-state index is 12.0. The van der Waals surface area contributed by atoms with Crippen molar-refractivity contribution < 1.29 is 14.3 Å². The quantitative estimate of drug-likeness (QED) is 0.251. The zero-order valence-electron chi connectivity index (χ0n) is 14.5. The number of Topliss-reactive ketones (excluding diaryl/α,β-unsaturated/α-hetero) is 1. The number of hydrogen-bond donors (Lipinski definition) is 0. The molecule has 0 N–H and O–H groups in total. The third kappa shape index (κ3) is 6.66. The van der Waals surface area contributed by atoms with E-state index in [1.165, 1.54) is 0 Å². The lowest BCUT2D eigenvalue weighted by molar-refractivity contribution is -0.118. The van der Waals surface area contributed by atoms with Crippen molar-refractivity contribution in [1.29, 1.82) is 0 Å². The molecule has 2 unspecified atom stereocenters. The molecule has 128 valence electrons. The summed E-state index contributed by atoms with van der Waals surface area (Å²) in [6.45, 7) is 8.33. The van der Waals surface area contributed by atoms with Gasteiger partial charge >= 0.3 is 0 Å². The minimum absolute atomic E-state index is 0.0366. The summed E-state index contributed by atoms with van der Waals surface area (Å²) in [6.07, 6.45) is 3.12. The lowest BCUT2D eigenvalue weighted by atomic mass is 9.99. The maximum Gasteiger partial charge on any atom is 0.164 e. The fourth-order valence-electron chi connectivity index (χ4n) is 1.99. The number of carbonyl (C=O) groups excluding carboxylic acids is 1. The van der Waals surface area contributed by atoms with E-state index in [-0.39, 0.29) is 17.8 Å². The van der Waals surface area contributed by atoms with Gasteiger partial charge in [-0.2, -0.15) is 0 Å². The third-order valence-electron chi connectivity index (χ3n) is 3.79. The SMILES string of the molecule is CCC(C)C(=O)/C(C)=C/OC(C)c1ccc(OCCCCl)cc1. The van der Waals surface area contributed by atoms with Crippen molar-refractivity contribution in [3.63, 3.8) is 0 Å². The number of hydrogen-bond acceptors (Lipinski definition) is 3. The molecule has 0 saturated heterocycles. The first-order chi connectivity index (χ1) is 11.0. The number of alkyl halides is 1. The van der Waals surface area contributed by atoms with Crippen molar-refractivity contribution in [2.24, 2.45) is 5.92 Å². The van der Waals surface area contributed by atoms with E-state index in [4.69, 9.17) is 21.1 Å². The molecule has 0 amide bonds. The number of carbonyl (C=O) groups is 1. The van der Waals surface area contributed by atoms with Gasteiger partial charge in [0, 0.05) is 17.4 Å². The average Bonchev–Trinajstić information content (AvgIpc) is 2.58. The van der Waals surface area contributed by atoms with Gasteiger partial charge in [-0.3, -0.25) is 4.79 Å². The molecule has 3 nitrogen and oxygen atoms in total. The molecule has 23 heavy (non-hydrogen) atoms. The highest BCUT2D eigenvalue weighted by molar-refractivity contribution is 6.17. The molecule has 0 aliphatic heterocycles. The van der Waals surface area contributed by atoms with Crippen LogP contribution in [0.4, 0.5) is 0 Å². The smallest absolute Gasteiger partial charge is 0.164 e. The van der Waals surface area contributed by atoms with Gasteiger partial charge in [0.2, 0.25) is 0 Å². The summed E-state index contributed by atoms with van der Waals surface area (Å²) in [4.78, 5) is 12.0. The first-order valence-corrected chi connectivity index (χ1v) is 8.68. The van der Waals surface area contributed by atoms with Gasteiger partial charge < -0.3 is 9.47 Å². The van der Waals surface area contributed by atoms with Crippen molar-refractivity contribution in [3.8, 4) is 5.75 Å². The van der Waals surface area contributed by atoms with Crippen molar-refractivity contribution in [1.82, 2.24) is 0 Å². The zero-order valence-corrected chi connectivity index (χ0v) is 15.2. The number of benzene rings is 1. The van der Waals surface area contributed by atoms with Crippen LogP contribution in [0.5, 0.6) is 5.75 Å². The number of ketones is 1. The Kier molecular flexibility index (Phi) is 8.78. The topological polar surface area (TPSA) is 35.5 Å². The average molecular weight is 339 g/mol. The second-order valence-electron chi connectivity index (χ2n) is 5.71. The number of rotatable bonds is 10. The molecule has 4 heteroatoms. The third-order valence-corrected chi connectivity index (χ3v) is 4.06. The van der Waals surface area contributed by atoms with Crippen molar-refractivity contribution in [2.45, 2.75) is 46.6 Å². The molecule has 0 heterocycles. The second kappa shape index (κ2) is 10.3. The Labute approximate surface area is 144 Å². The lowest BCUT2D eigenvalue weighted by Crippen LogP contribution is -2.11. The highest BCUT2D eigenvalue weighted by Crippen LogP contribution is 2.21. The lowest BCUT2D eigenvalue weighted by Gasteiger charge is -2.14. The summed E-state index contributed by atoms with van der Waals surface area (Å²) < 4.78 is 11.3. The van der Waals surface area contributed by atoms with Crippen molar-refractivity contribution >= 4 is 17.4 Å². The van der Waals surface area contributed by atoms with E-state index in [9.17, 15) is 4.79 Å². The second-order valence-corrected chi connectivity index (χ2v) is 6.09. The van der Waals surface area contributed by atoms with Gasteiger partial charge in [-0.05, 0) is 44.4 Å². The van der Waals surface area contributed by atoms with E-state index in [0.717, 1.165) is 24.2 Å². The summed E-state index contributed by atoms with van der Waals surface area (Å²) in [7, 11) is 0. The molecule has 1 aromatic carbocycles. The molecule has 1 aromatic rings. The van der Waals surface area contributed by atoms with Crippen molar-refractivity contribution in [3.05, 3.63) is 41.7 Å². The summed E-state index contributed by atoms with van der Waals surface area (Å²) in [5.41, 5.74) is 1.70. The van der Waals surface area contributed by atoms with Crippen LogP contribution >= 0.6 is 11.6 Å². The van der Waals surface area contributed by atoms with E-state index in [2.05, 4.69) is 0 Å². The largest absolute Gasteiger partial charge is 0.494 e. The van der Waals surface area contributed by atoms with Crippen LogP contribution in [-0.4, -0.2) is 18.3 Å². The molecule has 0 aliphatic rings. The van der Waals surface area contributed by atoms with Crippen LogP contribution in [0.1, 0.15) is 52.2 Å². The summed E-state index contributed by atoms with van der Waals surface area (Å²) in [5, 5.41) is 0. The number of halogens is 1. The van der Waals surface area contributed by atoms with Gasteiger partial charge in [-0.1, -0.05) is 26.0 Å². The van der Waals surface area contributed by atoms with E-state index < -0.39 is 0 Å². The molecular weight excluding hydrogens is 312 g/mol. The summed E-state index contributed by atoms with van der Waals surface area (Å²) in [6, 6.07) is 7.79. The van der Waals surface area contributed by atoms with E-state index in [1.54, 1.807) is 13.2 Å². The highest BCUT2D eigenvalue weighted by Gasteiger charge is 2.13. The van der Waals surface area contributed by atoms with Gasteiger partial charge in [0.1, 0.15) is 11.9 Å². The maximum absolute atomic E-state index is 12.0. The molecule has 0 bridgehead atoms. The van der Waals surface area contributed by atoms with Crippen LogP contribution in [0.3, 0.4) is 0 Å². The summed E-state index contributed by atoms with van der Waals surface area (Å²) >= 11 is 5.62. The molecular formula is C19H27ClO3. The van der Waals surface area contributed by atoms with Crippen LogP contribution in [0.2, 0.25) is 0 Å². The Morgan fingerprint density at radius 1 is 1.26 bits per heavy atom. The van der Waals surface area contributed by atoms with Crippen molar-refractivity contribution in [2.75, 3.05) is 12.5 Å². The minimum Gasteiger partial charge on any atom is -0.494 e. The first-order valence-electron chi connectivity index (χ1n) is 8.14. The first kappa shape index (κ1) is 19.6. The highest BCUT2D eigenvalue weighted by atomic mass is 35.5. The fourth-order valence-corrected chi connectivity index (χ4v) is 2.10. The molecule has 0 spiro atoms. The molecule has 1 rings (SSSR count). The van der Waals surface area contributed by atoms with E-state index in [1.807, 2.05) is 45.0 Å². The molecule has 0 aliphatic carbocycles. The predicted octanol–water partition coefficient (Wildman–Crippen LogP) is 5.29. The zero-order chi connectivity index (χ0) is 17.2. The van der Waals surface area contributed by atoms with Gasteiger partial charge in [-0.15, -0.1) is 11.6 Å². The Bertz CT molecular complexity index is 508. The minimum atomic E-state index is -0.119. The van der Waals surface area contributed by atoms with Crippen LogP contribution in [0.15, 0.2) is 36.1 Å². The van der Waals surface area contributed by atoms with Crippen LogP contribution in [-0.2, 0) is 9.53 Å². The van der Waals surface area contributed by atoms with Crippen LogP contribution in [0.25, 0.3) is 0 Å². The molecule has 2 atom stereocenters. The molecule has 0 fully saturated rings. The van der Waals surface area contributed by atoms with Gasteiger partial charge in [0.15, 0.2) is 5.78 Å². The van der Waals surface area contributed by atoms with Gasteiger partial charge in [0.05, 0.1) is 12.9 Å². The van der Waals surface area contributed by atoms with Gasteiger partial charge in [-0.25, -0.2) is 0 Å². The predicted molar refractivity (Wildman–Crippen MR) is 95.0 cm³/mol. The van der Waals surface area contributed by atoms with E-state index >= 15 is 0 Å². The molecule has 0 saturated carbocycles. The van der Waals surface area contributed by atoms with E-state index in [0.29, 0.717) is 18.1 Å². The molecule has 0 aromatic heterocycles. The van der Waals surface area contributed by atoms with Crippen LogP contribution < -0.4 is 4.74 Å². The van der Waals surface area contributed by atoms with Crippen LogP contribution in [0, 0.1) is 5.92 Å². The van der Waals surface area contributed by atoms with Gasteiger partial charge in [0.25, 0.3) is 0 Å². The number of ether oxygens (including phenoxy) is 2. The Morgan fingerprint density at radius 3 is 2.48 bits per heavy atom. The number of allylic oxidation sites excluding steroid dienone is 1. The fraction of sp³-hybridized carbons (Fsp3) is 0.526. The molecule has 0 radical (unpaired) electrons. The summed E-state index contributed by atoms with van der Waals surface area (Å²) in [5.74, 6) is 1.60. The Hall–Kier alpha value is -1.48. The Balaban J connectivity index is 2.57. The Morgan fingerprint density at radius 2 is 1.91 bits per heavy atom. The normalized spacial score (nSPS) is 14.2. The standard InChI is InChI=1S/C19H27ClO3/c1-5-14(2)19(21)15(3)13-23-16(4)17-7-9-18(10-8-17)22-12-6-11-20/h7-10,13-14,16H,5-6,11-12H2,1-4H3/b15-13+. The monoisotopic (exact) mass is 338 g/mol.